The van der Waals surface area contributed by atoms with Crippen molar-refractivity contribution in [1.29, 1.82) is 0 Å². The van der Waals surface area contributed by atoms with Gasteiger partial charge >= 0.3 is 0 Å². The van der Waals surface area contributed by atoms with Crippen molar-refractivity contribution in [3.8, 4) is 11.6 Å². The number of benzene rings is 1. The van der Waals surface area contributed by atoms with Gasteiger partial charge in [0.15, 0.2) is 11.6 Å². The van der Waals surface area contributed by atoms with E-state index in [-0.39, 0.29) is 5.75 Å². The molecule has 0 saturated heterocycles. The Morgan fingerprint density at radius 3 is 2.90 bits per heavy atom. The van der Waals surface area contributed by atoms with Crippen LogP contribution in [-0.2, 0) is 13.6 Å². The van der Waals surface area contributed by atoms with Gasteiger partial charge in [0.05, 0.1) is 11.3 Å². The van der Waals surface area contributed by atoms with Crippen molar-refractivity contribution in [2.45, 2.75) is 32.4 Å². The molecular weight excluding hydrogens is 337 g/mol. The van der Waals surface area contributed by atoms with Gasteiger partial charge in [-0.05, 0) is 38.0 Å². The molecule has 1 N–H and O–H groups in total. The highest BCUT2D eigenvalue weighted by Crippen LogP contribution is 2.31. The smallest absolute Gasteiger partial charge is 0.222 e. The number of ether oxygens (including phenoxy) is 1. The van der Waals surface area contributed by atoms with Crippen molar-refractivity contribution >= 4 is 15.9 Å². The number of nitrogens with one attached hydrogen (secondary N) is 1. The van der Waals surface area contributed by atoms with Crippen molar-refractivity contribution < 1.29 is 9.13 Å². The Kier molecular flexibility index (Phi) is 3.99. The third-order valence-corrected chi connectivity index (χ3v) is 4.03. The van der Waals surface area contributed by atoms with Crippen LogP contribution in [0.15, 0.2) is 22.7 Å². The van der Waals surface area contributed by atoms with Crippen LogP contribution in [0.25, 0.3) is 0 Å². The summed E-state index contributed by atoms with van der Waals surface area (Å²) in [6.45, 7) is 2.63. The summed E-state index contributed by atoms with van der Waals surface area (Å²) in [6, 6.07) is 5.35. The van der Waals surface area contributed by atoms with Crippen molar-refractivity contribution in [3.63, 3.8) is 0 Å². The van der Waals surface area contributed by atoms with Gasteiger partial charge in [0.25, 0.3) is 0 Å². The Morgan fingerprint density at radius 2 is 2.24 bits per heavy atom. The molecule has 1 saturated carbocycles. The van der Waals surface area contributed by atoms with Gasteiger partial charge in [0.1, 0.15) is 0 Å². The summed E-state index contributed by atoms with van der Waals surface area (Å²) in [4.78, 5) is 0. The van der Waals surface area contributed by atoms with Crippen LogP contribution >= 0.6 is 15.9 Å². The van der Waals surface area contributed by atoms with Crippen LogP contribution in [0.1, 0.15) is 24.1 Å². The summed E-state index contributed by atoms with van der Waals surface area (Å²) in [6.07, 6.45) is 2.44. The third-order valence-electron chi connectivity index (χ3n) is 3.53. The lowest BCUT2D eigenvalue weighted by atomic mass is 10.2. The Morgan fingerprint density at radius 1 is 1.48 bits per heavy atom. The molecule has 1 heterocycles. The lowest BCUT2D eigenvalue weighted by Crippen LogP contribution is -2.16. The first-order valence-corrected chi connectivity index (χ1v) is 7.72. The van der Waals surface area contributed by atoms with Gasteiger partial charge in [-0.1, -0.05) is 15.9 Å². The minimum atomic E-state index is -0.399. The first kappa shape index (κ1) is 14.5. The minimum absolute atomic E-state index is 0.203. The lowest BCUT2D eigenvalue weighted by molar-refractivity contribution is 0.398. The number of hydrogen-bond acceptors (Lipinski definition) is 3. The van der Waals surface area contributed by atoms with Gasteiger partial charge in [-0.2, -0.15) is 5.10 Å². The number of aromatic nitrogens is 2. The molecule has 4 nitrogen and oxygen atoms in total. The van der Waals surface area contributed by atoms with Gasteiger partial charge in [-0.25, -0.2) is 9.07 Å². The number of rotatable bonds is 5. The highest BCUT2D eigenvalue weighted by molar-refractivity contribution is 9.10. The molecule has 0 radical (unpaired) electrons. The van der Waals surface area contributed by atoms with E-state index in [1.165, 1.54) is 18.9 Å². The topological polar surface area (TPSA) is 39.1 Å². The fourth-order valence-corrected chi connectivity index (χ4v) is 2.54. The van der Waals surface area contributed by atoms with E-state index >= 15 is 0 Å². The summed E-state index contributed by atoms with van der Waals surface area (Å²) in [5.74, 6) is 0.389. The average molecular weight is 354 g/mol. The van der Waals surface area contributed by atoms with E-state index in [1.807, 2.05) is 6.92 Å². The van der Waals surface area contributed by atoms with Crippen LogP contribution in [0.5, 0.6) is 11.6 Å². The summed E-state index contributed by atoms with van der Waals surface area (Å²) in [5.41, 5.74) is 1.88. The maximum atomic E-state index is 13.9. The molecule has 1 aliphatic carbocycles. The predicted molar refractivity (Wildman–Crippen MR) is 82.0 cm³/mol. The molecule has 112 valence electrons. The van der Waals surface area contributed by atoms with E-state index in [9.17, 15) is 4.39 Å². The molecular formula is C15H17BrFN3O. The zero-order chi connectivity index (χ0) is 15.0. The monoisotopic (exact) mass is 353 g/mol. The molecule has 0 aliphatic heterocycles. The maximum absolute atomic E-state index is 13.9. The average Bonchev–Trinajstić information content (AvgIpc) is 3.19. The van der Waals surface area contributed by atoms with Gasteiger partial charge < -0.3 is 10.1 Å². The first-order valence-electron chi connectivity index (χ1n) is 6.93. The Hall–Kier alpha value is -1.40. The van der Waals surface area contributed by atoms with E-state index in [4.69, 9.17) is 4.74 Å². The van der Waals surface area contributed by atoms with Crippen LogP contribution in [0, 0.1) is 12.7 Å². The SMILES string of the molecule is Cc1nn(C)c(Oc2ccc(Br)cc2F)c1CNC1CC1. The van der Waals surface area contributed by atoms with E-state index in [0.717, 1.165) is 11.3 Å². The van der Waals surface area contributed by atoms with Crippen molar-refractivity contribution in [3.05, 3.63) is 39.7 Å². The van der Waals surface area contributed by atoms with Gasteiger partial charge in [0, 0.05) is 24.1 Å². The Labute approximate surface area is 131 Å². The second-order valence-corrected chi connectivity index (χ2v) is 6.24. The van der Waals surface area contributed by atoms with Crippen molar-refractivity contribution in [1.82, 2.24) is 15.1 Å². The second kappa shape index (κ2) is 5.77. The Bertz CT molecular complexity index is 667. The standard InChI is InChI=1S/C15H17BrFN3O/c1-9-12(8-18-11-4-5-11)15(20(2)19-9)21-14-6-3-10(16)7-13(14)17/h3,6-7,11,18H,4-5,8H2,1-2H3. The molecule has 0 amide bonds. The largest absolute Gasteiger partial charge is 0.436 e. The third kappa shape index (κ3) is 3.27. The second-order valence-electron chi connectivity index (χ2n) is 5.32. The maximum Gasteiger partial charge on any atom is 0.222 e. The molecule has 1 fully saturated rings. The summed E-state index contributed by atoms with van der Waals surface area (Å²) < 4.78 is 22.0. The van der Waals surface area contributed by atoms with Crippen molar-refractivity contribution in [2.24, 2.45) is 7.05 Å². The first-order chi connectivity index (χ1) is 10.0. The van der Waals surface area contributed by atoms with Crippen molar-refractivity contribution in [2.75, 3.05) is 0 Å². The highest BCUT2D eigenvalue weighted by Gasteiger charge is 2.23. The van der Waals surface area contributed by atoms with Crippen LogP contribution in [0.3, 0.4) is 0 Å². The molecule has 1 aromatic heterocycles. The van der Waals surface area contributed by atoms with E-state index in [0.29, 0.717) is 22.9 Å². The highest BCUT2D eigenvalue weighted by atomic mass is 79.9. The molecule has 3 rings (SSSR count). The number of aryl methyl sites for hydroxylation is 2. The van der Waals surface area contributed by atoms with E-state index in [2.05, 4.69) is 26.3 Å². The molecule has 21 heavy (non-hydrogen) atoms. The van der Waals surface area contributed by atoms with Crippen LogP contribution in [0.4, 0.5) is 4.39 Å². The van der Waals surface area contributed by atoms with Crippen LogP contribution < -0.4 is 10.1 Å². The summed E-state index contributed by atoms with van der Waals surface area (Å²) >= 11 is 3.24. The molecule has 0 unspecified atom stereocenters. The predicted octanol–water partition coefficient (Wildman–Crippen LogP) is 3.67. The van der Waals surface area contributed by atoms with Gasteiger partial charge in [0.2, 0.25) is 5.88 Å². The normalized spacial score (nSPS) is 14.5. The zero-order valence-electron chi connectivity index (χ0n) is 12.0. The van der Waals surface area contributed by atoms with E-state index < -0.39 is 5.82 Å². The minimum Gasteiger partial charge on any atom is -0.436 e. The number of nitrogens with zero attached hydrogens (tertiary/aromatic N) is 2. The van der Waals surface area contributed by atoms with Crippen LogP contribution in [-0.4, -0.2) is 15.8 Å². The molecule has 0 spiro atoms. The summed E-state index contributed by atoms with van der Waals surface area (Å²) in [7, 11) is 1.81. The molecule has 0 bridgehead atoms. The Balaban J connectivity index is 1.86. The molecule has 1 aliphatic rings. The van der Waals surface area contributed by atoms with Crippen LogP contribution in [0.2, 0.25) is 0 Å². The number of hydrogen-bond donors (Lipinski definition) is 1. The van der Waals surface area contributed by atoms with Gasteiger partial charge in [-0.15, -0.1) is 0 Å². The summed E-state index contributed by atoms with van der Waals surface area (Å²) in [5, 5.41) is 7.82. The van der Waals surface area contributed by atoms with Gasteiger partial charge in [-0.3, -0.25) is 0 Å². The molecule has 1 aromatic carbocycles. The zero-order valence-corrected chi connectivity index (χ0v) is 13.6. The number of halogens is 2. The molecule has 0 atom stereocenters. The fraction of sp³-hybridized carbons (Fsp3) is 0.400. The van der Waals surface area contributed by atoms with E-state index in [1.54, 1.807) is 23.9 Å². The quantitative estimate of drug-likeness (QED) is 0.891. The molecule has 2 aromatic rings. The fourth-order valence-electron chi connectivity index (χ4n) is 2.21. The molecule has 6 heteroatoms. The lowest BCUT2D eigenvalue weighted by Gasteiger charge is -2.10.